The number of hydrogen-bond donors (Lipinski definition) is 0. The van der Waals surface area contributed by atoms with Crippen molar-refractivity contribution >= 4 is 45.3 Å². The molecule has 0 radical (unpaired) electrons. The lowest BCUT2D eigenvalue weighted by Gasteiger charge is -2.04. The lowest BCUT2D eigenvalue weighted by atomic mass is 10.1. The number of aryl methyl sites for hydroxylation is 1. The minimum atomic E-state index is 0.520. The molecule has 2 aromatic carbocycles. The molecule has 2 nitrogen and oxygen atoms in total. The van der Waals surface area contributed by atoms with E-state index in [1.54, 1.807) is 6.07 Å². The number of halogens is 1. The van der Waals surface area contributed by atoms with Crippen LogP contribution in [0.15, 0.2) is 57.9 Å². The first-order chi connectivity index (χ1) is 10.5. The summed E-state index contributed by atoms with van der Waals surface area (Å²) in [6, 6.07) is 15.4. The highest BCUT2D eigenvalue weighted by Crippen LogP contribution is 2.20. The fourth-order valence-corrected chi connectivity index (χ4v) is 2.50. The molecule has 1 aromatic heterocycles. The molecule has 0 saturated carbocycles. The topological polar surface area (TPSA) is 25.5 Å². The van der Waals surface area contributed by atoms with Gasteiger partial charge in [0.15, 0.2) is 0 Å². The molecule has 0 atom stereocenters. The van der Waals surface area contributed by atoms with Crippen molar-refractivity contribution in [3.63, 3.8) is 0 Å². The van der Waals surface area contributed by atoms with E-state index >= 15 is 0 Å². The zero-order chi connectivity index (χ0) is 15.7. The van der Waals surface area contributed by atoms with Gasteiger partial charge in [0, 0.05) is 15.3 Å². The fraction of sp³-hybridized carbons (Fsp3) is 0.111. The van der Waals surface area contributed by atoms with Crippen molar-refractivity contribution in [1.82, 2.24) is 0 Å². The predicted molar refractivity (Wildman–Crippen MR) is 95.0 cm³/mol. The molecule has 0 aliphatic rings. The van der Waals surface area contributed by atoms with Crippen molar-refractivity contribution < 1.29 is 4.42 Å². The molecule has 0 spiro atoms. The van der Waals surface area contributed by atoms with Crippen LogP contribution >= 0.6 is 23.8 Å². The van der Waals surface area contributed by atoms with Crippen molar-refractivity contribution in [3.8, 4) is 0 Å². The van der Waals surface area contributed by atoms with Crippen LogP contribution in [-0.2, 0) is 0 Å². The molecule has 110 valence electrons. The highest BCUT2D eigenvalue weighted by atomic mass is 35.5. The van der Waals surface area contributed by atoms with Gasteiger partial charge in [-0.2, -0.15) is 0 Å². The van der Waals surface area contributed by atoms with Gasteiger partial charge in [0.25, 0.3) is 0 Å². The average Bonchev–Trinajstić information content (AvgIpc) is 2.49. The van der Waals surface area contributed by atoms with Crippen molar-refractivity contribution in [2.45, 2.75) is 13.8 Å². The summed E-state index contributed by atoms with van der Waals surface area (Å²) in [6.45, 7) is 3.91. The number of thiocarbonyl (C=S) groups is 1. The smallest absolute Gasteiger partial charge is 0.228 e. The second-order valence-corrected chi connectivity index (χ2v) is 6.20. The van der Waals surface area contributed by atoms with Gasteiger partial charge in [0.1, 0.15) is 5.58 Å². The molecule has 1 heterocycles. The van der Waals surface area contributed by atoms with Crippen LogP contribution in [0, 0.1) is 6.92 Å². The lowest BCUT2D eigenvalue weighted by Crippen LogP contribution is -2.12. The zero-order valence-electron chi connectivity index (χ0n) is 12.3. The first kappa shape index (κ1) is 14.9. The second-order valence-electron chi connectivity index (χ2n) is 5.15. The summed E-state index contributed by atoms with van der Waals surface area (Å²) < 4.78 is 5.93. The Morgan fingerprint density at radius 3 is 2.50 bits per heavy atom. The van der Waals surface area contributed by atoms with E-state index in [0.717, 1.165) is 27.1 Å². The van der Waals surface area contributed by atoms with Crippen molar-refractivity contribution in [3.05, 3.63) is 70.2 Å². The normalized spacial score (nSPS) is 11.9. The van der Waals surface area contributed by atoms with Gasteiger partial charge in [-0.15, -0.1) is 0 Å². The second kappa shape index (κ2) is 6.03. The van der Waals surface area contributed by atoms with Gasteiger partial charge >= 0.3 is 0 Å². The number of nitrogens with zero attached hydrogens (tertiary/aromatic N) is 1. The van der Waals surface area contributed by atoms with Gasteiger partial charge in [-0.3, -0.25) is 0 Å². The summed E-state index contributed by atoms with van der Waals surface area (Å²) in [5.74, 6) is 0. The molecule has 0 bridgehead atoms. The molecule has 3 rings (SSSR count). The minimum Gasteiger partial charge on any atom is -0.438 e. The number of hydrogen-bond acceptors (Lipinski definition) is 3. The molecule has 22 heavy (non-hydrogen) atoms. The Bertz CT molecular complexity index is 926. The third-order valence-corrected chi connectivity index (χ3v) is 3.81. The Labute approximate surface area is 139 Å². The summed E-state index contributed by atoms with van der Waals surface area (Å²) in [5.41, 5.74) is 4.09. The van der Waals surface area contributed by atoms with Crippen LogP contribution in [0.1, 0.15) is 18.1 Å². The Kier molecular flexibility index (Phi) is 4.10. The van der Waals surface area contributed by atoms with E-state index in [2.05, 4.69) is 4.99 Å². The molecular weight excluding hydrogens is 314 g/mol. The molecular formula is C18H14ClNOS. The summed E-state index contributed by atoms with van der Waals surface area (Å²) in [7, 11) is 0. The van der Waals surface area contributed by atoms with Crippen LogP contribution in [0.2, 0.25) is 5.02 Å². The fourth-order valence-electron chi connectivity index (χ4n) is 2.17. The van der Waals surface area contributed by atoms with E-state index in [4.69, 9.17) is 28.2 Å². The third kappa shape index (κ3) is 3.11. The maximum Gasteiger partial charge on any atom is 0.228 e. The van der Waals surface area contributed by atoms with Crippen LogP contribution < -0.4 is 5.55 Å². The van der Waals surface area contributed by atoms with Crippen LogP contribution in [0.25, 0.3) is 11.0 Å². The van der Waals surface area contributed by atoms with E-state index in [0.29, 0.717) is 10.6 Å². The highest BCUT2D eigenvalue weighted by molar-refractivity contribution is 7.80. The van der Waals surface area contributed by atoms with Crippen LogP contribution in [0.3, 0.4) is 0 Å². The first-order valence-electron chi connectivity index (χ1n) is 6.89. The monoisotopic (exact) mass is 327 g/mol. The average molecular weight is 328 g/mol. The van der Waals surface area contributed by atoms with Gasteiger partial charge in [-0.1, -0.05) is 41.5 Å². The molecule has 0 aliphatic carbocycles. The summed E-state index contributed by atoms with van der Waals surface area (Å²) in [4.78, 5) is 5.32. The predicted octanol–water partition coefficient (Wildman–Crippen LogP) is 5.36. The molecule has 0 aliphatic heterocycles. The van der Waals surface area contributed by atoms with Crippen molar-refractivity contribution in [1.29, 1.82) is 0 Å². The van der Waals surface area contributed by atoms with Crippen molar-refractivity contribution in [2.75, 3.05) is 0 Å². The van der Waals surface area contributed by atoms with Crippen LogP contribution in [-0.4, -0.2) is 4.86 Å². The lowest BCUT2D eigenvalue weighted by molar-refractivity contribution is 0.543. The molecule has 0 saturated heterocycles. The maximum absolute atomic E-state index is 6.04. The maximum atomic E-state index is 6.04. The van der Waals surface area contributed by atoms with Gasteiger partial charge < -0.3 is 4.42 Å². The van der Waals surface area contributed by atoms with Crippen LogP contribution in [0.5, 0.6) is 0 Å². The van der Waals surface area contributed by atoms with Crippen LogP contribution in [0.4, 0.5) is 5.69 Å². The standard InChI is InChI=1S/C18H14ClNOS/c1-11-3-6-15(7-4-11)20-18-16(12(2)22)10-13-9-14(19)5-8-17(13)21-18/h3-10H,1-2H3/b20-18-. The Morgan fingerprint density at radius 2 is 1.82 bits per heavy atom. The third-order valence-electron chi connectivity index (χ3n) is 3.35. The molecule has 0 unspecified atom stereocenters. The summed E-state index contributed by atoms with van der Waals surface area (Å²) in [5, 5.41) is 1.58. The zero-order valence-corrected chi connectivity index (χ0v) is 13.8. The quantitative estimate of drug-likeness (QED) is 0.467. The van der Waals surface area contributed by atoms with E-state index in [1.165, 1.54) is 5.56 Å². The number of benzene rings is 2. The summed E-state index contributed by atoms with van der Waals surface area (Å²) in [6.07, 6.45) is 0. The van der Waals surface area contributed by atoms with E-state index < -0.39 is 0 Å². The Morgan fingerprint density at radius 1 is 1.09 bits per heavy atom. The SMILES string of the molecule is CC(=S)c1cc2cc(Cl)ccc2o/c1=N\c1ccc(C)cc1. The first-order valence-corrected chi connectivity index (χ1v) is 7.67. The number of rotatable bonds is 2. The molecule has 0 amide bonds. The molecule has 4 heteroatoms. The molecule has 0 fully saturated rings. The highest BCUT2D eigenvalue weighted by Gasteiger charge is 2.06. The largest absolute Gasteiger partial charge is 0.438 e. The van der Waals surface area contributed by atoms with E-state index in [-0.39, 0.29) is 0 Å². The van der Waals surface area contributed by atoms with Gasteiger partial charge in [0.2, 0.25) is 5.55 Å². The molecule has 0 N–H and O–H groups in total. The van der Waals surface area contributed by atoms with Gasteiger partial charge in [-0.05, 0) is 50.2 Å². The Balaban J connectivity index is 2.27. The minimum absolute atomic E-state index is 0.520. The number of fused-ring (bicyclic) bond motifs is 1. The van der Waals surface area contributed by atoms with Crippen molar-refractivity contribution in [2.24, 2.45) is 4.99 Å². The van der Waals surface area contributed by atoms with E-state index in [1.807, 2.05) is 56.3 Å². The Hall–Kier alpha value is -1.97. The van der Waals surface area contributed by atoms with E-state index in [9.17, 15) is 0 Å². The van der Waals surface area contributed by atoms with Gasteiger partial charge in [-0.25, -0.2) is 4.99 Å². The molecule has 3 aromatic rings. The van der Waals surface area contributed by atoms with Gasteiger partial charge in [0.05, 0.1) is 11.3 Å². The summed E-state index contributed by atoms with van der Waals surface area (Å²) >= 11 is 11.4.